The van der Waals surface area contributed by atoms with Crippen LogP contribution in [0.3, 0.4) is 0 Å². The maximum Gasteiger partial charge on any atom is 0.331 e. The van der Waals surface area contributed by atoms with Gasteiger partial charge in [0.05, 0.1) is 0 Å². The normalized spacial score (nSPS) is 10.5. The molecule has 0 saturated carbocycles. The molecule has 2 rings (SSSR count). The second-order valence-electron chi connectivity index (χ2n) is 5.44. The Hall–Kier alpha value is -2.88. The Balaban J connectivity index is 1.65. The third kappa shape index (κ3) is 6.48. The summed E-state index contributed by atoms with van der Waals surface area (Å²) in [7, 11) is 0. The fraction of sp³-hybridized carbons (Fsp3) is 0.200. The Labute approximate surface area is 142 Å². The van der Waals surface area contributed by atoms with Crippen molar-refractivity contribution in [2.24, 2.45) is 0 Å². The first kappa shape index (κ1) is 17.5. The lowest BCUT2D eigenvalue weighted by atomic mass is 10.1. The van der Waals surface area contributed by atoms with Gasteiger partial charge in [-0.2, -0.15) is 0 Å². The summed E-state index contributed by atoms with van der Waals surface area (Å²) in [6, 6.07) is 17.6. The molecule has 0 aliphatic carbocycles. The number of hydrogen-bond acceptors (Lipinski definition) is 3. The molecule has 1 N–H and O–H groups in total. The van der Waals surface area contributed by atoms with Crippen LogP contribution < -0.4 is 5.32 Å². The Morgan fingerprint density at radius 2 is 1.75 bits per heavy atom. The van der Waals surface area contributed by atoms with Crippen LogP contribution in [0.25, 0.3) is 6.08 Å². The first-order chi connectivity index (χ1) is 11.6. The van der Waals surface area contributed by atoms with Gasteiger partial charge in [0.25, 0.3) is 5.91 Å². The third-order valence-corrected chi connectivity index (χ3v) is 3.41. The number of ether oxygens (including phenoxy) is 1. The van der Waals surface area contributed by atoms with E-state index in [2.05, 4.69) is 5.32 Å². The first-order valence-electron chi connectivity index (χ1n) is 7.85. The molecule has 4 nitrogen and oxygen atoms in total. The van der Waals surface area contributed by atoms with Crippen LogP contribution in [0.5, 0.6) is 0 Å². The van der Waals surface area contributed by atoms with Crippen LogP contribution in [0.4, 0.5) is 0 Å². The van der Waals surface area contributed by atoms with Gasteiger partial charge in [0.1, 0.15) is 0 Å². The van der Waals surface area contributed by atoms with Crippen LogP contribution >= 0.6 is 0 Å². The smallest absolute Gasteiger partial charge is 0.331 e. The Kier molecular flexibility index (Phi) is 6.77. The molecule has 0 radical (unpaired) electrons. The van der Waals surface area contributed by atoms with Gasteiger partial charge < -0.3 is 10.1 Å². The average Bonchev–Trinajstić information content (AvgIpc) is 2.60. The SMILES string of the molecule is Cc1ccc(/C=C/C(=O)OCC(=O)NCCc2ccccc2)cc1. The van der Waals surface area contributed by atoms with E-state index in [1.807, 2.05) is 61.5 Å². The molecule has 24 heavy (non-hydrogen) atoms. The zero-order chi connectivity index (χ0) is 17.2. The van der Waals surface area contributed by atoms with E-state index in [1.54, 1.807) is 6.08 Å². The molecule has 0 unspecified atom stereocenters. The predicted octanol–water partition coefficient (Wildman–Crippen LogP) is 2.91. The molecule has 0 aliphatic heterocycles. The summed E-state index contributed by atoms with van der Waals surface area (Å²) in [4.78, 5) is 23.2. The number of esters is 1. The number of benzene rings is 2. The highest BCUT2D eigenvalue weighted by molar-refractivity contribution is 5.89. The van der Waals surface area contributed by atoms with Gasteiger partial charge in [-0.25, -0.2) is 4.79 Å². The lowest BCUT2D eigenvalue weighted by Crippen LogP contribution is -2.30. The molecular weight excluding hydrogens is 302 g/mol. The second-order valence-corrected chi connectivity index (χ2v) is 5.44. The van der Waals surface area contributed by atoms with Crippen molar-refractivity contribution in [3.8, 4) is 0 Å². The van der Waals surface area contributed by atoms with Crippen molar-refractivity contribution in [3.63, 3.8) is 0 Å². The van der Waals surface area contributed by atoms with Crippen molar-refractivity contribution in [2.75, 3.05) is 13.2 Å². The predicted molar refractivity (Wildman–Crippen MR) is 94.3 cm³/mol. The van der Waals surface area contributed by atoms with Crippen molar-refractivity contribution in [1.82, 2.24) is 5.32 Å². The lowest BCUT2D eigenvalue weighted by Gasteiger charge is -2.05. The molecule has 4 heteroatoms. The molecule has 0 fully saturated rings. The van der Waals surface area contributed by atoms with Crippen molar-refractivity contribution in [1.29, 1.82) is 0 Å². The van der Waals surface area contributed by atoms with E-state index in [4.69, 9.17) is 4.74 Å². The number of rotatable bonds is 7. The molecule has 2 aromatic carbocycles. The highest BCUT2D eigenvalue weighted by atomic mass is 16.5. The van der Waals surface area contributed by atoms with Gasteiger partial charge in [0.15, 0.2) is 6.61 Å². The van der Waals surface area contributed by atoms with Crippen molar-refractivity contribution < 1.29 is 14.3 Å². The monoisotopic (exact) mass is 323 g/mol. The zero-order valence-electron chi connectivity index (χ0n) is 13.7. The number of aryl methyl sites for hydroxylation is 1. The van der Waals surface area contributed by atoms with E-state index < -0.39 is 5.97 Å². The fourth-order valence-corrected chi connectivity index (χ4v) is 2.07. The molecule has 2 aromatic rings. The van der Waals surface area contributed by atoms with Crippen LogP contribution in [-0.2, 0) is 20.7 Å². The third-order valence-electron chi connectivity index (χ3n) is 3.41. The number of hydrogen-bond donors (Lipinski definition) is 1. The molecule has 124 valence electrons. The van der Waals surface area contributed by atoms with Crippen LogP contribution in [0.15, 0.2) is 60.7 Å². The Bertz CT molecular complexity index is 691. The molecule has 0 heterocycles. The van der Waals surface area contributed by atoms with Crippen LogP contribution in [0, 0.1) is 6.92 Å². The average molecular weight is 323 g/mol. The summed E-state index contributed by atoms with van der Waals surface area (Å²) in [5.41, 5.74) is 3.21. The van der Waals surface area contributed by atoms with Crippen LogP contribution in [0.1, 0.15) is 16.7 Å². The first-order valence-corrected chi connectivity index (χ1v) is 7.85. The maximum absolute atomic E-state index is 11.6. The summed E-state index contributed by atoms with van der Waals surface area (Å²) < 4.78 is 4.91. The molecule has 0 saturated heterocycles. The van der Waals surface area contributed by atoms with Gasteiger partial charge in [0, 0.05) is 12.6 Å². The molecule has 0 atom stereocenters. The second kappa shape index (κ2) is 9.30. The lowest BCUT2D eigenvalue weighted by molar-refractivity contribution is -0.143. The largest absolute Gasteiger partial charge is 0.452 e. The minimum absolute atomic E-state index is 0.272. The number of nitrogens with one attached hydrogen (secondary N) is 1. The summed E-state index contributed by atoms with van der Waals surface area (Å²) in [5, 5.41) is 2.73. The van der Waals surface area contributed by atoms with Crippen LogP contribution in [0.2, 0.25) is 0 Å². The van der Waals surface area contributed by atoms with E-state index in [9.17, 15) is 9.59 Å². The van der Waals surface area contributed by atoms with Crippen molar-refractivity contribution in [3.05, 3.63) is 77.4 Å². The van der Waals surface area contributed by atoms with Gasteiger partial charge in [0.2, 0.25) is 0 Å². The molecule has 0 spiro atoms. The van der Waals surface area contributed by atoms with E-state index in [1.165, 1.54) is 6.08 Å². The molecular formula is C20H21NO3. The number of carbonyl (C=O) groups excluding carboxylic acids is 2. The van der Waals surface area contributed by atoms with E-state index >= 15 is 0 Å². The summed E-state index contributed by atoms with van der Waals surface area (Å²) >= 11 is 0. The minimum Gasteiger partial charge on any atom is -0.452 e. The number of amides is 1. The zero-order valence-corrected chi connectivity index (χ0v) is 13.7. The van der Waals surface area contributed by atoms with E-state index in [0.29, 0.717) is 6.54 Å². The minimum atomic E-state index is -0.534. The Morgan fingerprint density at radius 1 is 1.04 bits per heavy atom. The topological polar surface area (TPSA) is 55.4 Å². The molecule has 0 aromatic heterocycles. The van der Waals surface area contributed by atoms with Gasteiger partial charge >= 0.3 is 5.97 Å². The van der Waals surface area contributed by atoms with E-state index in [-0.39, 0.29) is 12.5 Å². The highest BCUT2D eigenvalue weighted by Crippen LogP contribution is 2.05. The quantitative estimate of drug-likeness (QED) is 0.630. The van der Waals surface area contributed by atoms with Gasteiger partial charge in [-0.05, 0) is 30.5 Å². The van der Waals surface area contributed by atoms with Gasteiger partial charge in [-0.1, -0.05) is 60.2 Å². The fourth-order valence-electron chi connectivity index (χ4n) is 2.07. The van der Waals surface area contributed by atoms with E-state index in [0.717, 1.165) is 23.1 Å². The summed E-state index contributed by atoms with van der Waals surface area (Å²) in [5.74, 6) is -0.836. The summed E-state index contributed by atoms with van der Waals surface area (Å²) in [6.45, 7) is 2.24. The standard InChI is InChI=1S/C20H21NO3/c1-16-7-9-18(10-8-16)11-12-20(23)24-15-19(22)21-14-13-17-5-3-2-4-6-17/h2-12H,13-15H2,1H3,(H,21,22)/b12-11+. The molecule has 0 bridgehead atoms. The number of carbonyl (C=O) groups is 2. The van der Waals surface area contributed by atoms with Gasteiger partial charge in [-0.15, -0.1) is 0 Å². The highest BCUT2D eigenvalue weighted by Gasteiger charge is 2.04. The maximum atomic E-state index is 11.6. The summed E-state index contributed by atoms with van der Waals surface area (Å²) in [6.07, 6.45) is 3.73. The van der Waals surface area contributed by atoms with Crippen LogP contribution in [-0.4, -0.2) is 25.0 Å². The van der Waals surface area contributed by atoms with Crippen molar-refractivity contribution >= 4 is 18.0 Å². The molecule has 1 amide bonds. The molecule has 0 aliphatic rings. The van der Waals surface area contributed by atoms with Crippen molar-refractivity contribution in [2.45, 2.75) is 13.3 Å². The Morgan fingerprint density at radius 3 is 2.46 bits per heavy atom. The van der Waals surface area contributed by atoms with Gasteiger partial charge in [-0.3, -0.25) is 4.79 Å².